The van der Waals surface area contributed by atoms with E-state index in [4.69, 9.17) is 21.6 Å². The molecule has 0 N–H and O–H groups in total. The van der Waals surface area contributed by atoms with Crippen molar-refractivity contribution in [1.82, 2.24) is 15.0 Å². The molecule has 3 heterocycles. The highest BCUT2D eigenvalue weighted by molar-refractivity contribution is 7.98. The molecule has 0 saturated heterocycles. The molecule has 0 aromatic carbocycles. The largest absolute Gasteiger partial charge is 0.242 e. The first-order chi connectivity index (χ1) is 11.1. The van der Waals surface area contributed by atoms with Crippen LogP contribution in [0.2, 0.25) is 5.15 Å². The monoisotopic (exact) mass is 363 g/mol. The van der Waals surface area contributed by atoms with Crippen LogP contribution in [-0.4, -0.2) is 21.2 Å². The Morgan fingerprint density at radius 3 is 2.70 bits per heavy atom. The fourth-order valence-electron chi connectivity index (χ4n) is 3.44. The predicted molar refractivity (Wildman–Crippen MR) is 100 cm³/mol. The van der Waals surface area contributed by atoms with E-state index in [2.05, 4.69) is 18.8 Å². The molecule has 0 radical (unpaired) electrons. The summed E-state index contributed by atoms with van der Waals surface area (Å²) >= 11 is 9.58. The van der Waals surface area contributed by atoms with Gasteiger partial charge in [0.25, 0.3) is 0 Å². The van der Waals surface area contributed by atoms with Crippen LogP contribution in [0, 0.1) is 5.92 Å². The van der Waals surface area contributed by atoms with E-state index in [1.165, 1.54) is 40.4 Å². The van der Waals surface area contributed by atoms with Crippen molar-refractivity contribution in [3.63, 3.8) is 0 Å². The number of hydrogen-bond donors (Lipinski definition) is 0. The zero-order valence-electron chi connectivity index (χ0n) is 13.4. The fraction of sp³-hybridized carbons (Fsp3) is 0.471. The second-order valence-electron chi connectivity index (χ2n) is 6.43. The number of nitrogens with zero attached hydrogens (tertiary/aromatic N) is 3. The third-order valence-electron chi connectivity index (χ3n) is 4.34. The summed E-state index contributed by atoms with van der Waals surface area (Å²) in [6, 6.07) is 0. The normalized spacial score (nSPS) is 14.3. The topological polar surface area (TPSA) is 38.7 Å². The number of thioether (sulfide) groups is 1. The van der Waals surface area contributed by atoms with Gasteiger partial charge >= 0.3 is 0 Å². The molecule has 120 valence electrons. The van der Waals surface area contributed by atoms with Crippen molar-refractivity contribution in [1.29, 1.82) is 0 Å². The van der Waals surface area contributed by atoms with E-state index >= 15 is 0 Å². The van der Waals surface area contributed by atoms with Crippen molar-refractivity contribution in [2.45, 2.75) is 44.7 Å². The minimum atomic E-state index is 0.555. The molecular formula is C17H18ClN3S2. The summed E-state index contributed by atoms with van der Waals surface area (Å²) in [5.74, 6) is 0.616. The summed E-state index contributed by atoms with van der Waals surface area (Å²) in [5.41, 5.74) is 5.20. The number of rotatable bonds is 3. The molecule has 23 heavy (non-hydrogen) atoms. The standard InChI is InChI=1S/C17H18ClN3S2/c1-8(2)7-11-9-5-4-6-10(9)12-13-14(23-16(12)19-11)15(18)21-17(20-13)22-3/h8H,4-7H2,1-3H3. The molecule has 0 aliphatic heterocycles. The Labute approximate surface area is 148 Å². The van der Waals surface area contributed by atoms with E-state index in [1.807, 2.05) is 6.26 Å². The minimum absolute atomic E-state index is 0.555. The molecule has 1 aliphatic rings. The van der Waals surface area contributed by atoms with Crippen LogP contribution < -0.4 is 0 Å². The fourth-order valence-corrected chi connectivity index (χ4v) is 5.18. The quantitative estimate of drug-likeness (QED) is 0.359. The summed E-state index contributed by atoms with van der Waals surface area (Å²) in [6.45, 7) is 4.51. The van der Waals surface area contributed by atoms with Crippen LogP contribution in [0.25, 0.3) is 20.4 Å². The lowest BCUT2D eigenvalue weighted by Gasteiger charge is -2.11. The molecule has 0 bridgehead atoms. The first-order valence-electron chi connectivity index (χ1n) is 7.92. The molecule has 3 aromatic heterocycles. The second kappa shape index (κ2) is 5.87. The summed E-state index contributed by atoms with van der Waals surface area (Å²) < 4.78 is 0.975. The van der Waals surface area contributed by atoms with Crippen LogP contribution in [0.3, 0.4) is 0 Å². The number of aromatic nitrogens is 3. The van der Waals surface area contributed by atoms with Crippen LogP contribution >= 0.6 is 34.7 Å². The van der Waals surface area contributed by atoms with E-state index < -0.39 is 0 Å². The first-order valence-corrected chi connectivity index (χ1v) is 10.3. The van der Waals surface area contributed by atoms with Gasteiger partial charge in [-0.05, 0) is 49.0 Å². The van der Waals surface area contributed by atoms with Gasteiger partial charge in [0, 0.05) is 11.1 Å². The van der Waals surface area contributed by atoms with Crippen LogP contribution in [0.4, 0.5) is 0 Å². The average molecular weight is 364 g/mol. The molecule has 0 fully saturated rings. The summed E-state index contributed by atoms with van der Waals surface area (Å²) in [6.07, 6.45) is 6.51. The summed E-state index contributed by atoms with van der Waals surface area (Å²) in [7, 11) is 0. The summed E-state index contributed by atoms with van der Waals surface area (Å²) in [5, 5.41) is 2.52. The van der Waals surface area contributed by atoms with Crippen LogP contribution in [0.5, 0.6) is 0 Å². The Hall–Kier alpha value is -0.910. The highest BCUT2D eigenvalue weighted by Gasteiger charge is 2.24. The Morgan fingerprint density at radius 1 is 1.17 bits per heavy atom. The molecule has 3 aromatic rings. The van der Waals surface area contributed by atoms with E-state index in [-0.39, 0.29) is 0 Å². The SMILES string of the molecule is CSc1nc(Cl)c2sc3nc(CC(C)C)c4c(c3c2n1)CCC4. The smallest absolute Gasteiger partial charge is 0.189 e. The molecule has 0 amide bonds. The average Bonchev–Trinajstić information content (AvgIpc) is 3.10. The van der Waals surface area contributed by atoms with Gasteiger partial charge in [0.15, 0.2) is 10.3 Å². The van der Waals surface area contributed by atoms with Gasteiger partial charge in [-0.1, -0.05) is 37.2 Å². The number of hydrogen-bond acceptors (Lipinski definition) is 5. The molecule has 4 rings (SSSR count). The molecule has 3 nitrogen and oxygen atoms in total. The van der Waals surface area contributed by atoms with Gasteiger partial charge in [-0.3, -0.25) is 0 Å². The predicted octanol–water partition coefficient (Wildman–Crippen LogP) is 5.30. The van der Waals surface area contributed by atoms with Crippen molar-refractivity contribution >= 4 is 55.1 Å². The Bertz CT molecular complexity index is 917. The molecule has 0 spiro atoms. The maximum atomic E-state index is 6.41. The van der Waals surface area contributed by atoms with Gasteiger partial charge in [0.1, 0.15) is 4.83 Å². The molecule has 6 heteroatoms. The number of pyridine rings is 1. The lowest BCUT2D eigenvalue weighted by Crippen LogP contribution is -2.03. The minimum Gasteiger partial charge on any atom is -0.242 e. The lowest BCUT2D eigenvalue weighted by atomic mass is 9.99. The van der Waals surface area contributed by atoms with Gasteiger partial charge < -0.3 is 0 Å². The zero-order chi connectivity index (χ0) is 16.1. The highest BCUT2D eigenvalue weighted by Crippen LogP contribution is 2.42. The molecule has 1 aliphatic carbocycles. The van der Waals surface area contributed by atoms with E-state index in [0.29, 0.717) is 11.1 Å². The summed E-state index contributed by atoms with van der Waals surface area (Å²) in [4.78, 5) is 15.2. The van der Waals surface area contributed by atoms with Gasteiger partial charge in [-0.25, -0.2) is 15.0 Å². The Kier molecular flexibility index (Phi) is 3.98. The van der Waals surface area contributed by atoms with E-state index in [1.54, 1.807) is 11.3 Å². The van der Waals surface area contributed by atoms with Crippen LogP contribution in [-0.2, 0) is 19.3 Å². The van der Waals surface area contributed by atoms with Crippen LogP contribution in [0.1, 0.15) is 37.1 Å². The van der Waals surface area contributed by atoms with Crippen molar-refractivity contribution in [2.75, 3.05) is 6.26 Å². The third-order valence-corrected chi connectivity index (χ3v) is 6.35. The number of fused-ring (bicyclic) bond motifs is 5. The van der Waals surface area contributed by atoms with Crippen molar-refractivity contribution < 1.29 is 0 Å². The van der Waals surface area contributed by atoms with Crippen molar-refractivity contribution in [3.05, 3.63) is 22.0 Å². The molecular weight excluding hydrogens is 346 g/mol. The van der Waals surface area contributed by atoms with Gasteiger partial charge in [-0.15, -0.1) is 11.3 Å². The van der Waals surface area contributed by atoms with Crippen molar-refractivity contribution in [3.8, 4) is 0 Å². The Morgan fingerprint density at radius 2 is 1.96 bits per heavy atom. The molecule has 0 saturated carbocycles. The maximum absolute atomic E-state index is 6.41. The number of thiophene rings is 1. The second-order valence-corrected chi connectivity index (χ2v) is 8.56. The Balaban J connectivity index is 2.07. The van der Waals surface area contributed by atoms with Crippen LogP contribution in [0.15, 0.2) is 5.16 Å². The van der Waals surface area contributed by atoms with Crippen molar-refractivity contribution in [2.24, 2.45) is 5.92 Å². The third kappa shape index (κ3) is 2.53. The zero-order valence-corrected chi connectivity index (χ0v) is 15.8. The number of aryl methyl sites for hydroxylation is 1. The van der Waals surface area contributed by atoms with Gasteiger partial charge in [0.05, 0.1) is 10.2 Å². The lowest BCUT2D eigenvalue weighted by molar-refractivity contribution is 0.632. The maximum Gasteiger partial charge on any atom is 0.189 e. The van der Waals surface area contributed by atoms with E-state index in [0.717, 1.165) is 39.5 Å². The number of halogens is 1. The van der Waals surface area contributed by atoms with Gasteiger partial charge in [-0.2, -0.15) is 0 Å². The van der Waals surface area contributed by atoms with E-state index in [9.17, 15) is 0 Å². The molecule has 0 unspecified atom stereocenters. The molecule has 0 atom stereocenters. The first kappa shape index (κ1) is 15.6. The highest BCUT2D eigenvalue weighted by atomic mass is 35.5. The van der Waals surface area contributed by atoms with Gasteiger partial charge in [0.2, 0.25) is 0 Å².